The van der Waals surface area contributed by atoms with E-state index in [4.69, 9.17) is 0 Å². The summed E-state index contributed by atoms with van der Waals surface area (Å²) >= 11 is 1.83. The molecule has 1 aromatic carbocycles. The summed E-state index contributed by atoms with van der Waals surface area (Å²) < 4.78 is 0.226. The molecule has 0 aliphatic rings. The maximum Gasteiger partial charge on any atom is 0.292 e. The normalized spacial score (nSPS) is 11.2. The largest absolute Gasteiger partial charge is 0.379 e. The molecular formula is C12H18N2O2S. The zero-order valence-electron chi connectivity index (χ0n) is 10.4. The zero-order valence-corrected chi connectivity index (χ0v) is 11.2. The smallest absolute Gasteiger partial charge is 0.292 e. The zero-order chi connectivity index (χ0) is 12.9. The van der Waals surface area contributed by atoms with Crippen molar-refractivity contribution in [1.82, 2.24) is 0 Å². The van der Waals surface area contributed by atoms with Gasteiger partial charge in [-0.05, 0) is 6.07 Å². The van der Waals surface area contributed by atoms with E-state index in [2.05, 4.69) is 26.1 Å². The van der Waals surface area contributed by atoms with Crippen LogP contribution in [0.15, 0.2) is 24.3 Å². The van der Waals surface area contributed by atoms with Crippen LogP contribution in [0, 0.1) is 10.1 Å². The van der Waals surface area contributed by atoms with E-state index in [1.54, 1.807) is 18.2 Å². The molecule has 1 rings (SSSR count). The van der Waals surface area contributed by atoms with E-state index < -0.39 is 0 Å². The molecule has 0 saturated heterocycles. The second kappa shape index (κ2) is 5.91. The molecule has 94 valence electrons. The van der Waals surface area contributed by atoms with Crippen LogP contribution in [0.3, 0.4) is 0 Å². The fourth-order valence-corrected chi connectivity index (χ4v) is 2.14. The lowest BCUT2D eigenvalue weighted by Crippen LogP contribution is -2.13. The second-order valence-electron chi connectivity index (χ2n) is 4.66. The van der Waals surface area contributed by atoms with Gasteiger partial charge in [0.1, 0.15) is 5.69 Å². The van der Waals surface area contributed by atoms with Gasteiger partial charge in [0.15, 0.2) is 0 Å². The number of nitrogens with zero attached hydrogens (tertiary/aromatic N) is 1. The predicted molar refractivity (Wildman–Crippen MR) is 73.8 cm³/mol. The number of hydrogen-bond acceptors (Lipinski definition) is 4. The molecule has 0 fully saturated rings. The Labute approximate surface area is 106 Å². The molecule has 0 radical (unpaired) electrons. The maximum atomic E-state index is 10.8. The minimum Gasteiger partial charge on any atom is -0.379 e. The number of benzene rings is 1. The standard InChI is InChI=1S/C12H18N2O2S/c1-12(2,3)17-9-8-13-10-6-4-5-7-11(10)14(15)16/h4-7,13H,8-9H2,1-3H3. The number of nitro groups is 1. The van der Waals surface area contributed by atoms with Crippen LogP contribution in [0.5, 0.6) is 0 Å². The van der Waals surface area contributed by atoms with E-state index in [9.17, 15) is 10.1 Å². The van der Waals surface area contributed by atoms with Gasteiger partial charge in [-0.15, -0.1) is 0 Å². The summed E-state index contributed by atoms with van der Waals surface area (Å²) in [5, 5.41) is 13.9. The van der Waals surface area contributed by atoms with Crippen LogP contribution >= 0.6 is 11.8 Å². The fourth-order valence-electron chi connectivity index (χ4n) is 1.33. The maximum absolute atomic E-state index is 10.8. The topological polar surface area (TPSA) is 55.2 Å². The summed E-state index contributed by atoms with van der Waals surface area (Å²) in [6, 6.07) is 6.72. The van der Waals surface area contributed by atoms with E-state index in [1.165, 1.54) is 6.07 Å². The van der Waals surface area contributed by atoms with Gasteiger partial charge in [0, 0.05) is 23.1 Å². The van der Waals surface area contributed by atoms with Crippen molar-refractivity contribution in [2.75, 3.05) is 17.6 Å². The van der Waals surface area contributed by atoms with Crippen molar-refractivity contribution in [3.63, 3.8) is 0 Å². The highest BCUT2D eigenvalue weighted by molar-refractivity contribution is 8.00. The van der Waals surface area contributed by atoms with Gasteiger partial charge in [-0.1, -0.05) is 32.9 Å². The Balaban J connectivity index is 2.49. The third-order valence-corrected chi connectivity index (χ3v) is 3.33. The van der Waals surface area contributed by atoms with Gasteiger partial charge in [0.05, 0.1) is 4.92 Å². The molecule has 0 aromatic heterocycles. The van der Waals surface area contributed by atoms with E-state index in [0.29, 0.717) is 5.69 Å². The second-order valence-corrected chi connectivity index (χ2v) is 6.58. The van der Waals surface area contributed by atoms with Crippen molar-refractivity contribution >= 4 is 23.1 Å². The van der Waals surface area contributed by atoms with Gasteiger partial charge >= 0.3 is 0 Å². The third kappa shape index (κ3) is 5.08. The molecule has 4 nitrogen and oxygen atoms in total. The first-order valence-electron chi connectivity index (χ1n) is 5.51. The first-order chi connectivity index (χ1) is 7.90. The summed E-state index contributed by atoms with van der Waals surface area (Å²) in [4.78, 5) is 10.4. The summed E-state index contributed by atoms with van der Waals surface area (Å²) in [5.41, 5.74) is 0.722. The highest BCUT2D eigenvalue weighted by Crippen LogP contribution is 2.25. The van der Waals surface area contributed by atoms with Gasteiger partial charge in [-0.2, -0.15) is 11.8 Å². The molecule has 0 spiro atoms. The van der Waals surface area contributed by atoms with Crippen molar-refractivity contribution < 1.29 is 4.92 Å². The first-order valence-corrected chi connectivity index (χ1v) is 6.50. The minimum atomic E-state index is -0.362. The molecule has 17 heavy (non-hydrogen) atoms. The number of nitrogens with one attached hydrogen (secondary N) is 1. The van der Waals surface area contributed by atoms with Crippen LogP contribution in [-0.4, -0.2) is 22.0 Å². The number of thioether (sulfide) groups is 1. The SMILES string of the molecule is CC(C)(C)SCCNc1ccccc1[N+](=O)[O-]. The number of hydrogen-bond donors (Lipinski definition) is 1. The van der Waals surface area contributed by atoms with Crippen LogP contribution < -0.4 is 5.32 Å². The van der Waals surface area contributed by atoms with E-state index >= 15 is 0 Å². The number of para-hydroxylation sites is 2. The lowest BCUT2D eigenvalue weighted by atomic mass is 10.2. The summed E-state index contributed by atoms with van der Waals surface area (Å²) in [6.07, 6.45) is 0. The number of rotatable bonds is 5. The molecule has 0 aliphatic heterocycles. The average Bonchev–Trinajstić information content (AvgIpc) is 2.23. The highest BCUT2D eigenvalue weighted by atomic mass is 32.2. The van der Waals surface area contributed by atoms with Crippen molar-refractivity contribution in [2.45, 2.75) is 25.5 Å². The molecule has 0 unspecified atom stereocenters. The Hall–Kier alpha value is -1.23. The van der Waals surface area contributed by atoms with Gasteiger partial charge < -0.3 is 5.32 Å². The molecule has 0 atom stereocenters. The molecule has 0 heterocycles. The fraction of sp³-hybridized carbons (Fsp3) is 0.500. The van der Waals surface area contributed by atoms with Crippen molar-refractivity contribution in [1.29, 1.82) is 0 Å². The summed E-state index contributed by atoms with van der Waals surface area (Å²) in [6.45, 7) is 7.20. The predicted octanol–water partition coefficient (Wildman–Crippen LogP) is 3.54. The minimum absolute atomic E-state index is 0.133. The Morgan fingerprint density at radius 2 is 2.00 bits per heavy atom. The van der Waals surface area contributed by atoms with E-state index in [-0.39, 0.29) is 15.4 Å². The molecule has 0 saturated carbocycles. The quantitative estimate of drug-likeness (QED) is 0.496. The molecule has 5 heteroatoms. The summed E-state index contributed by atoms with van der Waals surface area (Å²) in [5.74, 6) is 0.926. The van der Waals surface area contributed by atoms with Crippen molar-refractivity contribution in [2.24, 2.45) is 0 Å². The van der Waals surface area contributed by atoms with Crippen LogP contribution in [0.1, 0.15) is 20.8 Å². The molecule has 1 N–H and O–H groups in total. The van der Waals surface area contributed by atoms with Gasteiger partial charge in [0.25, 0.3) is 5.69 Å². The van der Waals surface area contributed by atoms with Crippen molar-refractivity contribution in [3.05, 3.63) is 34.4 Å². The third-order valence-electron chi connectivity index (χ3n) is 2.05. The lowest BCUT2D eigenvalue weighted by molar-refractivity contribution is -0.384. The first kappa shape index (κ1) is 13.8. The van der Waals surface area contributed by atoms with Gasteiger partial charge in [0.2, 0.25) is 0 Å². The number of anilines is 1. The van der Waals surface area contributed by atoms with E-state index in [1.807, 2.05) is 11.8 Å². The molecule has 0 amide bonds. The Morgan fingerprint density at radius 1 is 1.35 bits per heavy atom. The molecular weight excluding hydrogens is 236 g/mol. The Morgan fingerprint density at radius 3 is 2.59 bits per heavy atom. The number of nitro benzene ring substituents is 1. The van der Waals surface area contributed by atoms with Crippen LogP contribution in [0.4, 0.5) is 11.4 Å². The van der Waals surface area contributed by atoms with Crippen molar-refractivity contribution in [3.8, 4) is 0 Å². The van der Waals surface area contributed by atoms with Crippen LogP contribution in [-0.2, 0) is 0 Å². The monoisotopic (exact) mass is 254 g/mol. The Bertz CT molecular complexity index is 388. The molecule has 1 aromatic rings. The van der Waals surface area contributed by atoms with Crippen LogP contribution in [0.2, 0.25) is 0 Å². The van der Waals surface area contributed by atoms with Crippen LogP contribution in [0.25, 0.3) is 0 Å². The van der Waals surface area contributed by atoms with E-state index in [0.717, 1.165) is 12.3 Å². The Kier molecular flexibility index (Phi) is 4.81. The molecule has 0 bridgehead atoms. The summed E-state index contributed by atoms with van der Waals surface area (Å²) in [7, 11) is 0. The lowest BCUT2D eigenvalue weighted by Gasteiger charge is -2.17. The van der Waals surface area contributed by atoms with Gasteiger partial charge in [-0.3, -0.25) is 10.1 Å². The highest BCUT2D eigenvalue weighted by Gasteiger charge is 2.13. The average molecular weight is 254 g/mol. The van der Waals surface area contributed by atoms with Gasteiger partial charge in [-0.25, -0.2) is 0 Å². The molecule has 0 aliphatic carbocycles.